The fraction of sp³-hybridized carbons (Fsp3) is 0.889. The van der Waals surface area contributed by atoms with Crippen LogP contribution in [0.3, 0.4) is 0 Å². The molecular formula is C9H18O2S. The number of carboxylic acids is 1. The van der Waals surface area contributed by atoms with Gasteiger partial charge in [0.15, 0.2) is 0 Å². The third-order valence-electron chi connectivity index (χ3n) is 2.07. The van der Waals surface area contributed by atoms with E-state index in [0.29, 0.717) is 0 Å². The van der Waals surface area contributed by atoms with E-state index in [0.717, 1.165) is 12.8 Å². The van der Waals surface area contributed by atoms with E-state index in [2.05, 4.69) is 26.5 Å². The second kappa shape index (κ2) is 4.75. The van der Waals surface area contributed by atoms with Gasteiger partial charge in [-0.3, -0.25) is 4.79 Å². The summed E-state index contributed by atoms with van der Waals surface area (Å²) in [6.45, 7) is 6.08. The van der Waals surface area contributed by atoms with Crippen LogP contribution in [0.4, 0.5) is 0 Å². The molecule has 2 nitrogen and oxygen atoms in total. The SMILES string of the molecule is CCC(C)(S)CC(C)CC(=O)O. The number of aliphatic carboxylic acids is 1. The minimum atomic E-state index is -0.720. The van der Waals surface area contributed by atoms with E-state index in [4.69, 9.17) is 5.11 Å². The topological polar surface area (TPSA) is 37.3 Å². The quantitative estimate of drug-likeness (QED) is 0.654. The lowest BCUT2D eigenvalue weighted by Crippen LogP contribution is -2.20. The summed E-state index contributed by atoms with van der Waals surface area (Å²) in [6.07, 6.45) is 2.08. The van der Waals surface area contributed by atoms with Gasteiger partial charge in [-0.25, -0.2) is 0 Å². The van der Waals surface area contributed by atoms with Gasteiger partial charge in [0.1, 0.15) is 0 Å². The van der Waals surface area contributed by atoms with Gasteiger partial charge >= 0.3 is 5.97 Å². The molecule has 0 aliphatic carbocycles. The van der Waals surface area contributed by atoms with Gasteiger partial charge in [-0.15, -0.1) is 0 Å². The van der Waals surface area contributed by atoms with Crippen molar-refractivity contribution in [3.05, 3.63) is 0 Å². The van der Waals surface area contributed by atoms with Crippen LogP contribution in [0.5, 0.6) is 0 Å². The van der Waals surface area contributed by atoms with Crippen molar-refractivity contribution in [2.24, 2.45) is 5.92 Å². The zero-order chi connectivity index (χ0) is 9.78. The number of carboxylic acid groups (broad SMARTS) is 1. The van der Waals surface area contributed by atoms with E-state index < -0.39 is 5.97 Å². The third kappa shape index (κ3) is 5.47. The van der Waals surface area contributed by atoms with Crippen molar-refractivity contribution in [2.75, 3.05) is 0 Å². The molecule has 0 saturated heterocycles. The first kappa shape index (κ1) is 11.8. The van der Waals surface area contributed by atoms with Crippen molar-refractivity contribution < 1.29 is 9.90 Å². The average Bonchev–Trinajstić information content (AvgIpc) is 1.84. The second-order valence-corrected chi connectivity index (χ2v) is 4.84. The monoisotopic (exact) mass is 190 g/mol. The molecule has 2 atom stereocenters. The van der Waals surface area contributed by atoms with Crippen LogP contribution in [-0.2, 0) is 4.79 Å². The predicted octanol–water partition coefficient (Wildman–Crippen LogP) is 2.59. The van der Waals surface area contributed by atoms with Gasteiger partial charge in [0.2, 0.25) is 0 Å². The Morgan fingerprint density at radius 1 is 1.67 bits per heavy atom. The molecule has 0 bridgehead atoms. The van der Waals surface area contributed by atoms with E-state index in [1.165, 1.54) is 0 Å². The number of hydrogen-bond donors (Lipinski definition) is 2. The lowest BCUT2D eigenvalue weighted by atomic mass is 9.92. The molecule has 72 valence electrons. The molecule has 0 aliphatic heterocycles. The van der Waals surface area contributed by atoms with Crippen molar-refractivity contribution in [3.63, 3.8) is 0 Å². The molecule has 0 aliphatic rings. The molecule has 0 aromatic rings. The average molecular weight is 190 g/mol. The standard InChI is InChI=1S/C9H18O2S/c1-4-9(3,12)6-7(2)5-8(10)11/h7,12H,4-6H2,1-3H3,(H,10,11). The fourth-order valence-corrected chi connectivity index (χ4v) is 1.58. The van der Waals surface area contributed by atoms with E-state index in [-0.39, 0.29) is 17.1 Å². The van der Waals surface area contributed by atoms with Gasteiger partial charge in [-0.05, 0) is 18.8 Å². The van der Waals surface area contributed by atoms with Crippen LogP contribution in [-0.4, -0.2) is 15.8 Å². The molecule has 12 heavy (non-hydrogen) atoms. The van der Waals surface area contributed by atoms with Gasteiger partial charge in [-0.1, -0.05) is 20.8 Å². The molecular weight excluding hydrogens is 172 g/mol. The van der Waals surface area contributed by atoms with Crippen LogP contribution in [0.25, 0.3) is 0 Å². The maximum absolute atomic E-state index is 10.4. The summed E-state index contributed by atoms with van der Waals surface area (Å²) >= 11 is 4.46. The van der Waals surface area contributed by atoms with Crippen molar-refractivity contribution >= 4 is 18.6 Å². The van der Waals surface area contributed by atoms with Crippen molar-refractivity contribution in [1.82, 2.24) is 0 Å². The van der Waals surface area contributed by atoms with E-state index in [1.54, 1.807) is 0 Å². The molecule has 0 aromatic heterocycles. The third-order valence-corrected chi connectivity index (χ3v) is 2.57. The Morgan fingerprint density at radius 3 is 2.50 bits per heavy atom. The Morgan fingerprint density at radius 2 is 2.17 bits per heavy atom. The summed E-state index contributed by atoms with van der Waals surface area (Å²) in [5, 5.41) is 8.53. The van der Waals surface area contributed by atoms with E-state index in [1.807, 2.05) is 6.92 Å². The largest absolute Gasteiger partial charge is 0.481 e. The van der Waals surface area contributed by atoms with Gasteiger partial charge in [0, 0.05) is 11.2 Å². The first-order valence-electron chi connectivity index (χ1n) is 4.31. The van der Waals surface area contributed by atoms with Crippen LogP contribution in [0.1, 0.15) is 40.0 Å². The number of carbonyl (C=O) groups is 1. The van der Waals surface area contributed by atoms with Crippen molar-refractivity contribution in [2.45, 2.75) is 44.8 Å². The van der Waals surface area contributed by atoms with E-state index >= 15 is 0 Å². The molecule has 0 radical (unpaired) electrons. The zero-order valence-electron chi connectivity index (χ0n) is 8.00. The molecule has 0 heterocycles. The number of thiol groups is 1. The predicted molar refractivity (Wildman–Crippen MR) is 53.7 cm³/mol. The molecule has 0 spiro atoms. The van der Waals surface area contributed by atoms with E-state index in [9.17, 15) is 4.79 Å². The normalized spacial score (nSPS) is 18.3. The van der Waals surface area contributed by atoms with Gasteiger partial charge in [0.05, 0.1) is 0 Å². The summed E-state index contributed by atoms with van der Waals surface area (Å²) in [5.74, 6) is -0.507. The highest BCUT2D eigenvalue weighted by atomic mass is 32.1. The van der Waals surface area contributed by atoms with Gasteiger partial charge < -0.3 is 5.11 Å². The molecule has 0 fully saturated rings. The molecule has 1 N–H and O–H groups in total. The van der Waals surface area contributed by atoms with Crippen LogP contribution < -0.4 is 0 Å². The smallest absolute Gasteiger partial charge is 0.303 e. The first-order chi connectivity index (χ1) is 5.37. The van der Waals surface area contributed by atoms with Crippen LogP contribution >= 0.6 is 12.6 Å². The lowest BCUT2D eigenvalue weighted by molar-refractivity contribution is -0.138. The maximum atomic E-state index is 10.4. The Balaban J connectivity index is 3.83. The minimum Gasteiger partial charge on any atom is -0.481 e. The molecule has 0 aromatic carbocycles. The second-order valence-electron chi connectivity index (χ2n) is 3.76. The Hall–Kier alpha value is -0.180. The van der Waals surface area contributed by atoms with Gasteiger partial charge in [-0.2, -0.15) is 12.6 Å². The van der Waals surface area contributed by atoms with Crippen LogP contribution in [0.15, 0.2) is 0 Å². The molecule has 0 saturated carbocycles. The van der Waals surface area contributed by atoms with Gasteiger partial charge in [0.25, 0.3) is 0 Å². The fourth-order valence-electron chi connectivity index (χ4n) is 1.27. The molecule has 0 rings (SSSR count). The minimum absolute atomic E-state index is 0.0190. The summed E-state index contributed by atoms with van der Waals surface area (Å²) in [5.41, 5.74) is 0. The highest BCUT2D eigenvalue weighted by Gasteiger charge is 2.21. The Kier molecular flexibility index (Phi) is 4.68. The number of hydrogen-bond acceptors (Lipinski definition) is 2. The molecule has 3 heteroatoms. The molecule has 2 unspecified atom stereocenters. The summed E-state index contributed by atoms with van der Waals surface area (Å²) in [6, 6.07) is 0. The van der Waals surface area contributed by atoms with Crippen molar-refractivity contribution in [1.29, 1.82) is 0 Å². The Bertz CT molecular complexity index is 155. The van der Waals surface area contributed by atoms with Crippen molar-refractivity contribution in [3.8, 4) is 0 Å². The number of rotatable bonds is 5. The summed E-state index contributed by atoms with van der Waals surface area (Å²) < 4.78 is -0.0190. The highest BCUT2D eigenvalue weighted by molar-refractivity contribution is 7.81. The molecule has 0 amide bonds. The lowest BCUT2D eigenvalue weighted by Gasteiger charge is -2.24. The first-order valence-corrected chi connectivity index (χ1v) is 4.76. The zero-order valence-corrected chi connectivity index (χ0v) is 8.90. The van der Waals surface area contributed by atoms with Crippen LogP contribution in [0, 0.1) is 5.92 Å². The summed E-state index contributed by atoms with van der Waals surface area (Å²) in [4.78, 5) is 10.4. The summed E-state index contributed by atoms with van der Waals surface area (Å²) in [7, 11) is 0. The Labute approximate surface area is 79.8 Å². The highest BCUT2D eigenvalue weighted by Crippen LogP contribution is 2.28. The van der Waals surface area contributed by atoms with Crippen LogP contribution in [0.2, 0.25) is 0 Å². The maximum Gasteiger partial charge on any atom is 0.303 e.